The number of aromatic nitrogens is 1. The van der Waals surface area contributed by atoms with Crippen LogP contribution in [0.15, 0.2) is 72.3 Å². The van der Waals surface area contributed by atoms with Gasteiger partial charge in [-0.2, -0.15) is 0 Å². The molecule has 184 valence electrons. The van der Waals surface area contributed by atoms with E-state index < -0.39 is 17.8 Å². The van der Waals surface area contributed by atoms with Gasteiger partial charge in [-0.25, -0.2) is 9.69 Å². The van der Waals surface area contributed by atoms with Gasteiger partial charge in [0, 0.05) is 39.8 Å². The molecule has 8 nitrogen and oxygen atoms in total. The summed E-state index contributed by atoms with van der Waals surface area (Å²) in [5.74, 6) is -0.550. The smallest absolute Gasteiger partial charge is 0.335 e. The van der Waals surface area contributed by atoms with Crippen molar-refractivity contribution in [2.75, 3.05) is 11.7 Å². The van der Waals surface area contributed by atoms with Crippen LogP contribution in [0.5, 0.6) is 11.5 Å². The first kappa shape index (κ1) is 22.9. The number of imide groups is 2. The number of hydrogen-bond donors (Lipinski definition) is 1. The number of anilines is 1. The third-order valence-electron chi connectivity index (χ3n) is 6.57. The van der Waals surface area contributed by atoms with Crippen molar-refractivity contribution in [3.8, 4) is 11.5 Å². The molecule has 2 aliphatic rings. The van der Waals surface area contributed by atoms with E-state index in [1.807, 2.05) is 55.5 Å². The molecule has 3 aromatic carbocycles. The molecule has 1 saturated heterocycles. The molecule has 37 heavy (non-hydrogen) atoms. The second-order valence-electron chi connectivity index (χ2n) is 8.69. The lowest BCUT2D eigenvalue weighted by atomic mass is 10.0. The molecule has 0 spiro atoms. The first-order valence-electron chi connectivity index (χ1n) is 11.5. The number of rotatable bonds is 4. The SMILES string of the molecule is Cc1c(/C=C2\C(=O)NC(=O)N(c3ccc4c(c3)OCO4)C2=O)c2ccccc2n1Cc1ccccc1Cl. The Balaban J connectivity index is 1.44. The number of fused-ring (bicyclic) bond motifs is 2. The van der Waals surface area contributed by atoms with Crippen LogP contribution < -0.4 is 19.7 Å². The summed E-state index contributed by atoms with van der Waals surface area (Å²) in [5, 5.41) is 3.80. The summed E-state index contributed by atoms with van der Waals surface area (Å²) in [5.41, 5.74) is 3.54. The van der Waals surface area contributed by atoms with Gasteiger partial charge in [-0.05, 0) is 42.8 Å². The lowest BCUT2D eigenvalue weighted by molar-refractivity contribution is -0.122. The highest BCUT2D eigenvalue weighted by atomic mass is 35.5. The number of carbonyl (C=O) groups excluding carboxylic acids is 3. The van der Waals surface area contributed by atoms with Crippen molar-refractivity contribution in [1.82, 2.24) is 9.88 Å². The molecule has 4 amide bonds. The minimum absolute atomic E-state index is 0.0557. The maximum Gasteiger partial charge on any atom is 0.335 e. The molecule has 1 N–H and O–H groups in total. The average Bonchev–Trinajstić information content (AvgIpc) is 3.45. The fourth-order valence-electron chi connectivity index (χ4n) is 4.70. The Morgan fingerprint density at radius 2 is 1.73 bits per heavy atom. The van der Waals surface area contributed by atoms with Crippen LogP contribution in [0, 0.1) is 6.92 Å². The van der Waals surface area contributed by atoms with E-state index in [1.165, 1.54) is 6.07 Å². The summed E-state index contributed by atoms with van der Waals surface area (Å²) in [7, 11) is 0. The monoisotopic (exact) mass is 513 g/mol. The van der Waals surface area contributed by atoms with Crippen LogP contribution in [0.3, 0.4) is 0 Å². The van der Waals surface area contributed by atoms with Crippen molar-refractivity contribution in [3.05, 3.63) is 94.1 Å². The van der Waals surface area contributed by atoms with Crippen molar-refractivity contribution in [3.63, 3.8) is 0 Å². The van der Waals surface area contributed by atoms with Gasteiger partial charge >= 0.3 is 6.03 Å². The maximum absolute atomic E-state index is 13.5. The molecular formula is C28H20ClN3O5. The normalized spacial score (nSPS) is 16.1. The number of nitrogens with zero attached hydrogens (tertiary/aromatic N) is 2. The summed E-state index contributed by atoms with van der Waals surface area (Å²) >= 11 is 6.42. The van der Waals surface area contributed by atoms with Gasteiger partial charge in [-0.1, -0.05) is 48.0 Å². The molecule has 0 bridgehead atoms. The zero-order valence-electron chi connectivity index (χ0n) is 19.7. The topological polar surface area (TPSA) is 89.9 Å². The van der Waals surface area contributed by atoms with Crippen molar-refractivity contribution in [2.24, 2.45) is 0 Å². The molecule has 1 fully saturated rings. The van der Waals surface area contributed by atoms with Crippen molar-refractivity contribution in [1.29, 1.82) is 0 Å². The van der Waals surface area contributed by atoms with Gasteiger partial charge in [0.05, 0.1) is 5.69 Å². The van der Waals surface area contributed by atoms with Crippen molar-refractivity contribution in [2.45, 2.75) is 13.5 Å². The third kappa shape index (κ3) is 3.82. The Hall–Kier alpha value is -4.56. The number of amides is 4. The Kier molecular flexibility index (Phi) is 5.46. The fourth-order valence-corrected chi connectivity index (χ4v) is 4.90. The number of carbonyl (C=O) groups is 3. The number of urea groups is 1. The summed E-state index contributed by atoms with van der Waals surface area (Å²) < 4.78 is 12.8. The minimum Gasteiger partial charge on any atom is -0.454 e. The number of barbiturate groups is 1. The highest BCUT2D eigenvalue weighted by Crippen LogP contribution is 2.37. The lowest BCUT2D eigenvalue weighted by Gasteiger charge is -2.26. The predicted octanol–water partition coefficient (Wildman–Crippen LogP) is 5.05. The first-order chi connectivity index (χ1) is 17.9. The van der Waals surface area contributed by atoms with Crippen molar-refractivity contribution < 1.29 is 23.9 Å². The van der Waals surface area contributed by atoms with Gasteiger partial charge in [0.25, 0.3) is 11.8 Å². The molecule has 9 heteroatoms. The van der Waals surface area contributed by atoms with Crippen LogP contribution in [0.1, 0.15) is 16.8 Å². The van der Waals surface area contributed by atoms with Crippen molar-refractivity contribution >= 4 is 52.1 Å². The number of hydrogen-bond acceptors (Lipinski definition) is 5. The van der Waals surface area contributed by atoms with E-state index in [2.05, 4.69) is 9.88 Å². The van der Waals surface area contributed by atoms with E-state index in [4.69, 9.17) is 21.1 Å². The van der Waals surface area contributed by atoms with Crippen LogP contribution >= 0.6 is 11.6 Å². The molecule has 0 aliphatic carbocycles. The number of para-hydroxylation sites is 1. The second-order valence-corrected chi connectivity index (χ2v) is 9.10. The maximum atomic E-state index is 13.5. The number of ether oxygens (including phenoxy) is 2. The summed E-state index contributed by atoms with van der Waals surface area (Å²) in [4.78, 5) is 40.0. The van der Waals surface area contributed by atoms with E-state index in [0.717, 1.165) is 27.1 Å². The van der Waals surface area contributed by atoms with Gasteiger partial charge in [-0.3, -0.25) is 14.9 Å². The fraction of sp³-hybridized carbons (Fsp3) is 0.107. The van der Waals surface area contributed by atoms with Crippen LogP contribution in [0.25, 0.3) is 17.0 Å². The Morgan fingerprint density at radius 3 is 2.57 bits per heavy atom. The van der Waals surface area contributed by atoms with Gasteiger partial charge in [0.1, 0.15) is 5.57 Å². The molecule has 6 rings (SSSR count). The number of nitrogens with one attached hydrogen (secondary N) is 1. The molecule has 4 aromatic rings. The largest absolute Gasteiger partial charge is 0.454 e. The second kappa shape index (κ2) is 8.83. The third-order valence-corrected chi connectivity index (χ3v) is 6.94. The van der Waals surface area contributed by atoms with Gasteiger partial charge in [0.15, 0.2) is 11.5 Å². The van der Waals surface area contributed by atoms with Crippen LogP contribution in [0.2, 0.25) is 5.02 Å². The Morgan fingerprint density at radius 1 is 0.973 bits per heavy atom. The summed E-state index contributed by atoms with van der Waals surface area (Å²) in [6, 6.07) is 19.2. The standard InChI is InChI=1S/C28H20ClN3O5/c1-16-20(19-7-3-5-9-23(19)31(16)14-17-6-2-4-8-22(17)29)13-21-26(33)30-28(35)32(27(21)34)18-10-11-24-25(12-18)37-15-36-24/h2-13H,14-15H2,1H3,(H,30,33,35)/b21-13+. The Bertz CT molecular complexity index is 1660. The molecular weight excluding hydrogens is 494 g/mol. The van der Waals surface area contributed by atoms with E-state index in [9.17, 15) is 14.4 Å². The summed E-state index contributed by atoms with van der Waals surface area (Å²) in [6.45, 7) is 2.49. The van der Waals surface area contributed by atoms with Gasteiger partial charge in [-0.15, -0.1) is 0 Å². The molecule has 2 aliphatic heterocycles. The predicted molar refractivity (Wildman–Crippen MR) is 139 cm³/mol. The highest BCUT2D eigenvalue weighted by Gasteiger charge is 2.37. The van der Waals surface area contributed by atoms with Gasteiger partial charge in [0.2, 0.25) is 6.79 Å². The average molecular weight is 514 g/mol. The van der Waals surface area contributed by atoms with Crippen LogP contribution in [0.4, 0.5) is 10.5 Å². The number of benzene rings is 3. The molecule has 0 radical (unpaired) electrons. The Labute approximate surface area is 216 Å². The lowest BCUT2D eigenvalue weighted by Crippen LogP contribution is -2.54. The summed E-state index contributed by atoms with van der Waals surface area (Å²) in [6.07, 6.45) is 1.55. The first-order valence-corrected chi connectivity index (χ1v) is 11.9. The van der Waals surface area contributed by atoms with Gasteiger partial charge < -0.3 is 14.0 Å². The zero-order chi connectivity index (χ0) is 25.7. The van der Waals surface area contributed by atoms with Crippen LogP contribution in [-0.2, 0) is 16.1 Å². The molecule has 0 unspecified atom stereocenters. The van der Waals surface area contributed by atoms with E-state index in [1.54, 1.807) is 18.2 Å². The quantitative estimate of drug-likeness (QED) is 0.305. The minimum atomic E-state index is -0.830. The highest BCUT2D eigenvalue weighted by molar-refractivity contribution is 6.39. The van der Waals surface area contributed by atoms with E-state index >= 15 is 0 Å². The van der Waals surface area contributed by atoms with Crippen LogP contribution in [-0.4, -0.2) is 29.2 Å². The van der Waals surface area contributed by atoms with E-state index in [-0.39, 0.29) is 18.1 Å². The molecule has 3 heterocycles. The zero-order valence-corrected chi connectivity index (χ0v) is 20.4. The molecule has 0 atom stereocenters. The van der Waals surface area contributed by atoms with E-state index in [0.29, 0.717) is 28.6 Å². The molecule has 0 saturated carbocycles. The molecule has 1 aromatic heterocycles. The number of halogens is 1.